The van der Waals surface area contributed by atoms with Crippen LogP contribution in [-0.4, -0.2) is 25.8 Å². The van der Waals surface area contributed by atoms with Gasteiger partial charge in [-0.25, -0.2) is 5.43 Å². The fourth-order valence-corrected chi connectivity index (χ4v) is 4.07. The summed E-state index contributed by atoms with van der Waals surface area (Å²) in [6.07, 6.45) is 1.56. The van der Waals surface area contributed by atoms with Crippen molar-refractivity contribution in [1.82, 2.24) is 5.43 Å². The van der Waals surface area contributed by atoms with Crippen LogP contribution in [0.15, 0.2) is 41.5 Å². The number of halogens is 2. The van der Waals surface area contributed by atoms with E-state index in [1.54, 1.807) is 13.3 Å². The Morgan fingerprint density at radius 3 is 2.75 bits per heavy atom. The zero-order valence-corrected chi connectivity index (χ0v) is 17.5. The third-order valence-electron chi connectivity index (χ3n) is 3.09. The maximum atomic E-state index is 11.8. The number of hydrogen-bond acceptors (Lipinski definition) is 4. The highest BCUT2D eigenvalue weighted by Crippen LogP contribution is 2.26. The normalized spacial score (nSPS) is 10.7. The molecule has 2 aromatic carbocycles. The number of rotatable bonds is 6. The molecular weight excluding hydrogens is 534 g/mol. The number of nitrogens with one attached hydrogen (secondary N) is 1. The topological polar surface area (TPSA) is 59.9 Å². The number of hydrazone groups is 1. The van der Waals surface area contributed by atoms with Gasteiger partial charge in [0.05, 0.1) is 16.9 Å². The predicted octanol–water partition coefficient (Wildman–Crippen LogP) is 3.74. The number of para-hydroxylation sites is 1. The first-order chi connectivity index (χ1) is 11.5. The largest absolute Gasteiger partial charge is 0.495 e. The molecule has 0 saturated carbocycles. The summed E-state index contributed by atoms with van der Waals surface area (Å²) in [6.45, 7) is 1.83. The minimum Gasteiger partial charge on any atom is -0.495 e. The SMILES string of the molecule is COc1c(I)cc(I)cc1C=NNC(=O)COc1ccccc1C. The molecule has 126 valence electrons. The quantitative estimate of drug-likeness (QED) is 0.339. The summed E-state index contributed by atoms with van der Waals surface area (Å²) in [5.41, 5.74) is 4.23. The number of methoxy groups -OCH3 is 1. The first-order valence-corrected chi connectivity index (χ1v) is 9.20. The number of nitrogens with zero attached hydrogens (tertiary/aromatic N) is 1. The van der Waals surface area contributed by atoms with Crippen molar-refractivity contribution in [3.8, 4) is 11.5 Å². The molecule has 0 saturated heterocycles. The minimum absolute atomic E-state index is 0.0941. The van der Waals surface area contributed by atoms with E-state index in [9.17, 15) is 4.79 Å². The van der Waals surface area contributed by atoms with Crippen LogP contribution in [0.1, 0.15) is 11.1 Å². The first-order valence-electron chi connectivity index (χ1n) is 7.04. The van der Waals surface area contributed by atoms with Gasteiger partial charge in [-0.15, -0.1) is 0 Å². The van der Waals surface area contributed by atoms with Crippen molar-refractivity contribution in [2.24, 2.45) is 5.10 Å². The highest BCUT2D eigenvalue weighted by molar-refractivity contribution is 14.1. The molecular formula is C17H16I2N2O3. The highest BCUT2D eigenvalue weighted by atomic mass is 127. The lowest BCUT2D eigenvalue weighted by atomic mass is 10.2. The Kier molecular flexibility index (Phi) is 7.28. The summed E-state index contributed by atoms with van der Waals surface area (Å²) in [6, 6.07) is 11.5. The standard InChI is InChI=1S/C17H16I2N2O3/c1-11-5-3-4-6-15(11)24-10-16(22)21-20-9-12-7-13(18)8-14(19)17(12)23-2/h3-9H,10H2,1-2H3,(H,21,22). The van der Waals surface area contributed by atoms with E-state index in [1.807, 2.05) is 43.3 Å². The molecule has 0 aliphatic heterocycles. The van der Waals surface area contributed by atoms with Crippen molar-refractivity contribution < 1.29 is 14.3 Å². The molecule has 0 atom stereocenters. The second-order valence-electron chi connectivity index (χ2n) is 4.86. The van der Waals surface area contributed by atoms with Gasteiger partial charge in [0.15, 0.2) is 6.61 Å². The second kappa shape index (κ2) is 9.21. The first kappa shape index (κ1) is 19.0. The van der Waals surface area contributed by atoms with E-state index in [-0.39, 0.29) is 12.5 Å². The lowest BCUT2D eigenvalue weighted by Gasteiger charge is -2.08. The van der Waals surface area contributed by atoms with Crippen molar-refractivity contribution >= 4 is 57.3 Å². The van der Waals surface area contributed by atoms with Crippen LogP contribution in [0.5, 0.6) is 11.5 Å². The lowest BCUT2D eigenvalue weighted by Crippen LogP contribution is -2.24. The van der Waals surface area contributed by atoms with Crippen LogP contribution in [-0.2, 0) is 4.79 Å². The Hall–Kier alpha value is -1.36. The van der Waals surface area contributed by atoms with Gasteiger partial charge >= 0.3 is 0 Å². The van der Waals surface area contributed by atoms with Crippen LogP contribution >= 0.6 is 45.2 Å². The third-order valence-corrected chi connectivity index (χ3v) is 4.51. The Labute approximate surface area is 168 Å². The van der Waals surface area contributed by atoms with Crippen molar-refractivity contribution in [1.29, 1.82) is 0 Å². The molecule has 0 aromatic heterocycles. The summed E-state index contributed by atoms with van der Waals surface area (Å²) in [5.74, 6) is 1.09. The molecule has 0 heterocycles. The predicted molar refractivity (Wildman–Crippen MR) is 111 cm³/mol. The summed E-state index contributed by atoms with van der Waals surface area (Å²) in [7, 11) is 1.61. The van der Waals surface area contributed by atoms with Gasteiger partial charge in [0, 0.05) is 9.13 Å². The van der Waals surface area contributed by atoms with Crippen LogP contribution in [0.25, 0.3) is 0 Å². The minimum atomic E-state index is -0.325. The zero-order chi connectivity index (χ0) is 17.5. The van der Waals surface area contributed by atoms with E-state index in [0.717, 1.165) is 24.0 Å². The highest BCUT2D eigenvalue weighted by Gasteiger charge is 2.08. The molecule has 0 spiro atoms. The average Bonchev–Trinajstić information content (AvgIpc) is 2.54. The van der Waals surface area contributed by atoms with Crippen LogP contribution in [0.4, 0.5) is 0 Å². The van der Waals surface area contributed by atoms with Gasteiger partial charge in [0.2, 0.25) is 0 Å². The van der Waals surface area contributed by atoms with Crippen molar-refractivity contribution in [3.05, 3.63) is 54.7 Å². The van der Waals surface area contributed by atoms with Gasteiger partial charge in [-0.05, 0) is 75.9 Å². The van der Waals surface area contributed by atoms with Gasteiger partial charge in [-0.1, -0.05) is 18.2 Å². The summed E-state index contributed by atoms with van der Waals surface area (Å²) < 4.78 is 12.9. The third kappa shape index (κ3) is 5.33. The Morgan fingerprint density at radius 1 is 1.29 bits per heavy atom. The number of aryl methyl sites for hydroxylation is 1. The molecule has 2 rings (SSSR count). The Bertz CT molecular complexity index is 763. The summed E-state index contributed by atoms with van der Waals surface area (Å²) >= 11 is 4.42. The molecule has 24 heavy (non-hydrogen) atoms. The van der Waals surface area contributed by atoms with Gasteiger partial charge in [0.25, 0.3) is 5.91 Å². The number of amides is 1. The van der Waals surface area contributed by atoms with Crippen LogP contribution in [0.2, 0.25) is 0 Å². The molecule has 1 amide bonds. The van der Waals surface area contributed by atoms with Crippen LogP contribution < -0.4 is 14.9 Å². The smallest absolute Gasteiger partial charge is 0.277 e. The lowest BCUT2D eigenvalue weighted by molar-refractivity contribution is -0.123. The number of carbonyl (C=O) groups is 1. The Balaban J connectivity index is 1.94. The molecule has 1 N–H and O–H groups in total. The fraction of sp³-hybridized carbons (Fsp3) is 0.176. The summed E-state index contributed by atoms with van der Waals surface area (Å²) in [4.78, 5) is 11.8. The molecule has 2 aromatic rings. The van der Waals surface area contributed by atoms with Gasteiger partial charge in [0.1, 0.15) is 11.5 Å². The monoisotopic (exact) mass is 550 g/mol. The van der Waals surface area contributed by atoms with Crippen molar-refractivity contribution in [3.63, 3.8) is 0 Å². The van der Waals surface area contributed by atoms with Gasteiger partial charge in [-0.3, -0.25) is 4.79 Å². The second-order valence-corrected chi connectivity index (χ2v) is 7.27. The molecule has 5 nitrogen and oxygen atoms in total. The van der Waals surface area contributed by atoms with Crippen LogP contribution in [0.3, 0.4) is 0 Å². The molecule has 0 unspecified atom stereocenters. The zero-order valence-electron chi connectivity index (χ0n) is 13.2. The number of hydrogen-bond donors (Lipinski definition) is 1. The molecule has 0 radical (unpaired) electrons. The molecule has 0 fully saturated rings. The fourth-order valence-electron chi connectivity index (χ4n) is 1.96. The van der Waals surface area contributed by atoms with Gasteiger partial charge in [-0.2, -0.15) is 5.10 Å². The Morgan fingerprint density at radius 2 is 2.04 bits per heavy atom. The molecule has 7 heteroatoms. The number of ether oxygens (including phenoxy) is 2. The molecule has 0 aliphatic rings. The van der Waals surface area contributed by atoms with E-state index in [0.29, 0.717) is 5.75 Å². The number of benzene rings is 2. The van der Waals surface area contributed by atoms with Crippen LogP contribution in [0, 0.1) is 14.1 Å². The van der Waals surface area contributed by atoms with E-state index < -0.39 is 0 Å². The van der Waals surface area contributed by atoms with E-state index >= 15 is 0 Å². The maximum absolute atomic E-state index is 11.8. The average molecular weight is 550 g/mol. The van der Waals surface area contributed by atoms with Crippen molar-refractivity contribution in [2.75, 3.05) is 13.7 Å². The molecule has 0 bridgehead atoms. The van der Waals surface area contributed by atoms with E-state index in [4.69, 9.17) is 9.47 Å². The van der Waals surface area contributed by atoms with E-state index in [1.165, 1.54) is 0 Å². The van der Waals surface area contributed by atoms with Crippen molar-refractivity contribution in [2.45, 2.75) is 6.92 Å². The van der Waals surface area contributed by atoms with Gasteiger partial charge < -0.3 is 9.47 Å². The van der Waals surface area contributed by atoms with E-state index in [2.05, 4.69) is 55.7 Å². The molecule has 0 aliphatic carbocycles. The summed E-state index contributed by atoms with van der Waals surface area (Å²) in [5, 5.41) is 3.98. The number of carbonyl (C=O) groups excluding carboxylic acids is 1. The maximum Gasteiger partial charge on any atom is 0.277 e.